The van der Waals surface area contributed by atoms with Crippen molar-refractivity contribution in [2.75, 3.05) is 16.8 Å². The lowest BCUT2D eigenvalue weighted by atomic mass is 9.98. The first kappa shape index (κ1) is 20.3. The molecule has 0 unspecified atom stereocenters. The molecule has 2 aliphatic rings. The maximum Gasteiger partial charge on any atom is 0.416 e. The molecule has 2 heterocycles. The van der Waals surface area contributed by atoms with Gasteiger partial charge in [0.15, 0.2) is 0 Å². The third-order valence-corrected chi connectivity index (χ3v) is 6.23. The summed E-state index contributed by atoms with van der Waals surface area (Å²) in [4.78, 5) is 23.2. The Labute approximate surface area is 187 Å². The monoisotopic (exact) mass is 430 g/mol. The summed E-state index contributed by atoms with van der Waals surface area (Å²) in [6, 6.07) is 19.4. The zero-order valence-corrected chi connectivity index (χ0v) is 18.0. The first-order chi connectivity index (χ1) is 15.6. The molecule has 164 valence electrons. The molecule has 3 aromatic rings. The van der Waals surface area contributed by atoms with E-state index in [0.29, 0.717) is 18.4 Å². The Kier molecular flexibility index (Phi) is 5.39. The number of rotatable bonds is 6. The fourth-order valence-electron chi connectivity index (χ4n) is 4.53. The number of cyclic esters (lactones) is 1. The smallest absolute Gasteiger partial charge is 0.416 e. The summed E-state index contributed by atoms with van der Waals surface area (Å²) < 4.78 is 11.3. The molecule has 1 aliphatic carbocycles. The van der Waals surface area contributed by atoms with Gasteiger partial charge in [0.1, 0.15) is 23.9 Å². The molecule has 1 spiro atoms. The maximum absolute atomic E-state index is 12.5. The van der Waals surface area contributed by atoms with Crippen molar-refractivity contribution in [1.29, 1.82) is 0 Å². The summed E-state index contributed by atoms with van der Waals surface area (Å²) in [5.74, 6) is 2.65. The van der Waals surface area contributed by atoms with Crippen molar-refractivity contribution in [1.82, 2.24) is 9.97 Å². The van der Waals surface area contributed by atoms with Crippen LogP contribution >= 0.6 is 0 Å². The molecule has 32 heavy (non-hydrogen) atoms. The van der Waals surface area contributed by atoms with Crippen LogP contribution in [0.2, 0.25) is 0 Å². The van der Waals surface area contributed by atoms with E-state index >= 15 is 0 Å². The fourth-order valence-corrected chi connectivity index (χ4v) is 4.53. The van der Waals surface area contributed by atoms with Crippen LogP contribution < -0.4 is 15.0 Å². The van der Waals surface area contributed by atoms with Crippen LogP contribution in [0.3, 0.4) is 0 Å². The Bertz CT molecular complexity index is 1080. The van der Waals surface area contributed by atoms with Crippen LogP contribution in [0.1, 0.15) is 44.2 Å². The normalized spacial score (nSPS) is 17.9. The number of hydrogen-bond donors (Lipinski definition) is 1. The minimum Gasteiger partial charge on any atom is -0.457 e. The molecule has 1 saturated carbocycles. The number of para-hydroxylation sites is 1. The van der Waals surface area contributed by atoms with Crippen molar-refractivity contribution in [2.45, 2.75) is 44.2 Å². The lowest BCUT2D eigenvalue weighted by molar-refractivity contribution is 0.173. The predicted octanol–water partition coefficient (Wildman–Crippen LogP) is 5.71. The summed E-state index contributed by atoms with van der Waals surface area (Å²) in [5.41, 5.74) is 0.815. The molecule has 7 nitrogen and oxygen atoms in total. The number of aromatic nitrogens is 2. The number of carbonyl (C=O) groups is 1. The van der Waals surface area contributed by atoms with E-state index in [1.807, 2.05) is 61.5 Å². The number of anilines is 2. The van der Waals surface area contributed by atoms with E-state index in [9.17, 15) is 4.79 Å². The van der Waals surface area contributed by atoms with Gasteiger partial charge in [0.05, 0.1) is 11.6 Å². The van der Waals surface area contributed by atoms with Crippen molar-refractivity contribution in [3.05, 3.63) is 72.4 Å². The van der Waals surface area contributed by atoms with Gasteiger partial charge in [-0.3, -0.25) is 4.90 Å². The third kappa shape index (κ3) is 3.98. The largest absolute Gasteiger partial charge is 0.457 e. The highest BCUT2D eigenvalue weighted by molar-refractivity contribution is 5.90. The number of amides is 1. The van der Waals surface area contributed by atoms with Crippen molar-refractivity contribution in [2.24, 2.45) is 0 Å². The quantitative estimate of drug-likeness (QED) is 0.540. The summed E-state index contributed by atoms with van der Waals surface area (Å²) >= 11 is 0. The van der Waals surface area contributed by atoms with Gasteiger partial charge in [-0.1, -0.05) is 43.2 Å². The number of carbonyl (C=O) groups excluding carboxylic acids is 1. The van der Waals surface area contributed by atoms with Gasteiger partial charge in [-0.2, -0.15) is 4.98 Å². The molecule has 1 saturated heterocycles. The predicted molar refractivity (Wildman–Crippen MR) is 122 cm³/mol. The molecular weight excluding hydrogens is 404 g/mol. The molecule has 2 fully saturated rings. The van der Waals surface area contributed by atoms with Gasteiger partial charge in [0, 0.05) is 6.20 Å². The standard InChI is InChI=1S/C25H26N4O3/c1-18(19-9-11-21(12-10-19)32-20-7-3-2-4-8-20)27-23-26-16-13-22(28-23)29-24(30)31-17-25(29)14-5-6-15-25/h2-4,7-13,16,18H,5-6,14-15,17H2,1H3,(H,26,27,28)/t18-/m0/s1. The van der Waals surface area contributed by atoms with Crippen molar-refractivity contribution in [3.8, 4) is 11.5 Å². The number of nitrogens with one attached hydrogen (secondary N) is 1. The molecule has 1 atom stereocenters. The van der Waals surface area contributed by atoms with E-state index in [1.54, 1.807) is 17.2 Å². The average Bonchev–Trinajstić information content (AvgIpc) is 3.41. The van der Waals surface area contributed by atoms with E-state index < -0.39 is 0 Å². The number of benzene rings is 2. The van der Waals surface area contributed by atoms with Gasteiger partial charge in [-0.25, -0.2) is 9.78 Å². The Morgan fingerprint density at radius 2 is 1.75 bits per heavy atom. The highest BCUT2D eigenvalue weighted by Gasteiger charge is 2.50. The molecule has 1 aromatic heterocycles. The molecule has 0 radical (unpaired) electrons. The van der Waals surface area contributed by atoms with E-state index in [1.165, 1.54) is 0 Å². The van der Waals surface area contributed by atoms with Crippen LogP contribution in [0.5, 0.6) is 11.5 Å². The number of ether oxygens (including phenoxy) is 2. The van der Waals surface area contributed by atoms with Gasteiger partial charge >= 0.3 is 6.09 Å². The molecule has 1 amide bonds. The van der Waals surface area contributed by atoms with E-state index in [4.69, 9.17) is 9.47 Å². The zero-order valence-electron chi connectivity index (χ0n) is 18.0. The van der Waals surface area contributed by atoms with Crippen molar-refractivity contribution < 1.29 is 14.3 Å². The lowest BCUT2D eigenvalue weighted by Gasteiger charge is -2.30. The second-order valence-electron chi connectivity index (χ2n) is 8.41. The molecule has 0 bridgehead atoms. The fraction of sp³-hybridized carbons (Fsp3) is 0.320. The minimum absolute atomic E-state index is 0.0259. The molecule has 5 rings (SSSR count). The average molecular weight is 431 g/mol. The van der Waals surface area contributed by atoms with Gasteiger partial charge < -0.3 is 14.8 Å². The van der Waals surface area contributed by atoms with Crippen LogP contribution in [0.4, 0.5) is 16.6 Å². The van der Waals surface area contributed by atoms with Crippen LogP contribution in [0.25, 0.3) is 0 Å². The molecule has 2 aromatic carbocycles. The van der Waals surface area contributed by atoms with Crippen LogP contribution in [-0.2, 0) is 4.74 Å². The summed E-state index contributed by atoms with van der Waals surface area (Å²) in [7, 11) is 0. The Morgan fingerprint density at radius 3 is 2.50 bits per heavy atom. The van der Waals surface area contributed by atoms with Crippen LogP contribution in [-0.4, -0.2) is 28.2 Å². The second-order valence-corrected chi connectivity index (χ2v) is 8.41. The lowest BCUT2D eigenvalue weighted by Crippen LogP contribution is -2.45. The highest BCUT2D eigenvalue weighted by atomic mass is 16.6. The van der Waals surface area contributed by atoms with E-state index in [2.05, 4.69) is 15.3 Å². The summed E-state index contributed by atoms with van der Waals surface area (Å²) in [6.45, 7) is 2.48. The Balaban J connectivity index is 1.29. The Morgan fingerprint density at radius 1 is 1.03 bits per heavy atom. The third-order valence-electron chi connectivity index (χ3n) is 6.23. The molecular formula is C25H26N4O3. The number of hydrogen-bond acceptors (Lipinski definition) is 6. The minimum atomic E-state index is -0.321. The van der Waals surface area contributed by atoms with Crippen molar-refractivity contribution in [3.63, 3.8) is 0 Å². The molecule has 1 N–H and O–H groups in total. The van der Waals surface area contributed by atoms with Gasteiger partial charge in [-0.15, -0.1) is 0 Å². The first-order valence-corrected chi connectivity index (χ1v) is 11.0. The first-order valence-electron chi connectivity index (χ1n) is 11.0. The maximum atomic E-state index is 12.5. The van der Waals surface area contributed by atoms with Gasteiger partial charge in [0.2, 0.25) is 5.95 Å². The summed E-state index contributed by atoms with van der Waals surface area (Å²) in [5, 5.41) is 3.34. The zero-order chi connectivity index (χ0) is 22.0. The number of nitrogens with zero attached hydrogens (tertiary/aromatic N) is 3. The van der Waals surface area contributed by atoms with Crippen LogP contribution in [0, 0.1) is 0 Å². The van der Waals surface area contributed by atoms with Gasteiger partial charge in [-0.05, 0) is 55.7 Å². The van der Waals surface area contributed by atoms with Crippen molar-refractivity contribution >= 4 is 17.9 Å². The molecule has 1 aliphatic heterocycles. The topological polar surface area (TPSA) is 76.6 Å². The van der Waals surface area contributed by atoms with E-state index in [-0.39, 0.29) is 17.7 Å². The molecule has 7 heteroatoms. The Hall–Kier alpha value is -3.61. The van der Waals surface area contributed by atoms with Gasteiger partial charge in [0.25, 0.3) is 0 Å². The highest BCUT2D eigenvalue weighted by Crippen LogP contribution is 2.42. The van der Waals surface area contributed by atoms with Crippen LogP contribution in [0.15, 0.2) is 66.9 Å². The SMILES string of the molecule is C[C@H](Nc1nccc(N2C(=O)OCC23CCCC3)n1)c1ccc(Oc2ccccc2)cc1. The van der Waals surface area contributed by atoms with E-state index in [0.717, 1.165) is 42.7 Å². The summed E-state index contributed by atoms with van der Waals surface area (Å²) in [6.07, 6.45) is 5.45. The second kappa shape index (κ2) is 8.49.